The number of nitrogens with one attached hydrogen (secondary N) is 2. The molecule has 1 heterocycles. The van der Waals surface area contributed by atoms with E-state index in [-0.39, 0.29) is 20.1 Å². The average molecular weight is 423 g/mol. The predicted octanol–water partition coefficient (Wildman–Crippen LogP) is 3.48. The lowest BCUT2D eigenvalue weighted by atomic mass is 10.1. The number of halogens is 1. The molecule has 2 aromatic carbocycles. The van der Waals surface area contributed by atoms with E-state index in [1.54, 1.807) is 31.2 Å². The highest BCUT2D eigenvalue weighted by atomic mass is 35.5. The van der Waals surface area contributed by atoms with Crippen molar-refractivity contribution in [3.8, 4) is 0 Å². The molecule has 0 spiro atoms. The Morgan fingerprint density at radius 3 is 2.44 bits per heavy atom. The minimum Gasteiger partial charge on any atom is -0.296 e. The number of hydrogen-bond donors (Lipinski definition) is 2. The molecule has 3 aromatic rings. The van der Waals surface area contributed by atoms with Gasteiger partial charge in [-0.05, 0) is 24.6 Å². The van der Waals surface area contributed by atoms with Crippen LogP contribution in [0.25, 0.3) is 0 Å². The highest BCUT2D eigenvalue weighted by molar-refractivity contribution is 7.91. The molecule has 1 amide bonds. The van der Waals surface area contributed by atoms with E-state index in [1.165, 1.54) is 0 Å². The van der Waals surface area contributed by atoms with Gasteiger partial charge in [-0.3, -0.25) is 10.1 Å². The zero-order valence-electron chi connectivity index (χ0n) is 14.1. The van der Waals surface area contributed by atoms with Crippen molar-refractivity contribution in [2.24, 2.45) is 0 Å². The second-order valence-electron chi connectivity index (χ2n) is 5.56. The maximum atomic E-state index is 12.5. The highest BCUT2D eigenvalue weighted by Crippen LogP contribution is 2.24. The molecular formula is C17H15ClN4O3S2. The summed E-state index contributed by atoms with van der Waals surface area (Å²) in [5.74, 6) is -0.494. The third-order valence-electron chi connectivity index (χ3n) is 3.61. The fourth-order valence-corrected chi connectivity index (χ4v) is 4.64. The Morgan fingerprint density at radius 1 is 1.07 bits per heavy atom. The minimum atomic E-state index is -3.88. The molecule has 0 bridgehead atoms. The number of carbonyl (C=O) groups is 1. The molecule has 0 radical (unpaired) electrons. The van der Waals surface area contributed by atoms with Gasteiger partial charge < -0.3 is 0 Å². The summed E-state index contributed by atoms with van der Waals surface area (Å²) in [5.41, 5.74) is 1.08. The summed E-state index contributed by atoms with van der Waals surface area (Å²) < 4.78 is 27.3. The monoisotopic (exact) mass is 422 g/mol. The van der Waals surface area contributed by atoms with E-state index in [2.05, 4.69) is 20.2 Å². The summed E-state index contributed by atoms with van der Waals surface area (Å²) in [7, 11) is -3.88. The Kier molecular flexibility index (Phi) is 5.85. The summed E-state index contributed by atoms with van der Waals surface area (Å²) in [5, 5.41) is 10.3. The van der Waals surface area contributed by atoms with Crippen LogP contribution < -0.4 is 10.0 Å². The van der Waals surface area contributed by atoms with Gasteiger partial charge in [-0.25, -0.2) is 13.1 Å². The van der Waals surface area contributed by atoms with Crippen molar-refractivity contribution in [1.82, 2.24) is 14.9 Å². The number of hydrogen-bond acceptors (Lipinski definition) is 6. The molecule has 10 heteroatoms. The summed E-state index contributed by atoms with van der Waals surface area (Å²) in [6.07, 6.45) is 0. The lowest BCUT2D eigenvalue weighted by Gasteiger charge is -2.12. The average Bonchev–Trinajstić information content (AvgIpc) is 3.12. The number of carbonyl (C=O) groups excluding carboxylic acids is 1. The summed E-state index contributed by atoms with van der Waals surface area (Å²) in [6, 6.07) is 15.2. The molecular weight excluding hydrogens is 408 g/mol. The quantitative estimate of drug-likeness (QED) is 0.592. The number of benzene rings is 2. The van der Waals surface area contributed by atoms with Crippen molar-refractivity contribution >= 4 is 44.0 Å². The lowest BCUT2D eigenvalue weighted by molar-refractivity contribution is 0.102. The van der Waals surface area contributed by atoms with Crippen molar-refractivity contribution < 1.29 is 13.2 Å². The maximum Gasteiger partial charge on any atom is 0.270 e. The number of rotatable bonds is 6. The van der Waals surface area contributed by atoms with Crippen LogP contribution in [0.15, 0.2) is 58.9 Å². The van der Waals surface area contributed by atoms with Gasteiger partial charge in [0.15, 0.2) is 0 Å². The fourth-order valence-electron chi connectivity index (χ4n) is 2.27. The number of nitrogens with zero attached hydrogens (tertiary/aromatic N) is 2. The van der Waals surface area contributed by atoms with Gasteiger partial charge in [0.2, 0.25) is 9.47 Å². The first kappa shape index (κ1) is 19.4. The third-order valence-corrected chi connectivity index (χ3v) is 6.68. The van der Waals surface area contributed by atoms with Gasteiger partial charge in [0.1, 0.15) is 0 Å². The van der Waals surface area contributed by atoms with Gasteiger partial charge in [0, 0.05) is 6.04 Å². The molecule has 7 nitrogen and oxygen atoms in total. The normalized spacial score (nSPS) is 12.5. The van der Waals surface area contributed by atoms with Gasteiger partial charge in [-0.1, -0.05) is 65.4 Å². The fraction of sp³-hybridized carbons (Fsp3) is 0.118. The second kappa shape index (κ2) is 8.13. The SMILES string of the molecule is CC(NS(=O)(=O)c1nnc(NC(=O)c2ccccc2Cl)s1)c1ccccc1. The standard InChI is InChI=1S/C17H15ClN4O3S2/c1-11(12-7-3-2-4-8-12)22-27(24,25)17-21-20-16(26-17)19-15(23)13-9-5-6-10-14(13)18/h2-11,22H,1H3,(H,19,20,23). The molecule has 0 aliphatic heterocycles. The summed E-state index contributed by atoms with van der Waals surface area (Å²) >= 11 is 6.74. The maximum absolute atomic E-state index is 12.5. The first-order valence-electron chi connectivity index (χ1n) is 7.83. The summed E-state index contributed by atoms with van der Waals surface area (Å²) in [6.45, 7) is 1.73. The van der Waals surface area contributed by atoms with Crippen LogP contribution in [0.2, 0.25) is 5.02 Å². The molecule has 1 atom stereocenters. The predicted molar refractivity (Wildman–Crippen MR) is 104 cm³/mol. The van der Waals surface area contributed by atoms with E-state index in [0.29, 0.717) is 0 Å². The van der Waals surface area contributed by atoms with E-state index >= 15 is 0 Å². The van der Waals surface area contributed by atoms with Gasteiger partial charge in [-0.15, -0.1) is 10.2 Å². The summed E-state index contributed by atoms with van der Waals surface area (Å²) in [4.78, 5) is 12.2. The molecule has 0 fully saturated rings. The first-order valence-corrected chi connectivity index (χ1v) is 10.5. The van der Waals surface area contributed by atoms with Crippen LogP contribution >= 0.6 is 22.9 Å². The van der Waals surface area contributed by atoms with Crippen molar-refractivity contribution in [3.05, 3.63) is 70.7 Å². The van der Waals surface area contributed by atoms with Gasteiger partial charge in [0.05, 0.1) is 10.6 Å². The van der Waals surface area contributed by atoms with Crippen molar-refractivity contribution in [2.75, 3.05) is 5.32 Å². The molecule has 27 heavy (non-hydrogen) atoms. The van der Waals surface area contributed by atoms with E-state index in [0.717, 1.165) is 16.9 Å². The van der Waals surface area contributed by atoms with E-state index in [1.807, 2.05) is 30.3 Å². The molecule has 2 N–H and O–H groups in total. The molecule has 140 valence electrons. The second-order valence-corrected chi connectivity index (χ2v) is 8.83. The topological polar surface area (TPSA) is 101 Å². The zero-order valence-corrected chi connectivity index (χ0v) is 16.5. The molecule has 0 saturated carbocycles. The van der Waals surface area contributed by atoms with Crippen LogP contribution in [0.3, 0.4) is 0 Å². The Hall–Kier alpha value is -2.33. The largest absolute Gasteiger partial charge is 0.296 e. The third kappa shape index (κ3) is 4.69. The molecule has 0 aliphatic rings. The molecule has 1 aromatic heterocycles. The van der Waals surface area contributed by atoms with Gasteiger partial charge in [0.25, 0.3) is 15.9 Å². The minimum absolute atomic E-state index is 0.0626. The van der Waals surface area contributed by atoms with Crippen LogP contribution in [0.4, 0.5) is 5.13 Å². The van der Waals surface area contributed by atoms with Gasteiger partial charge >= 0.3 is 0 Å². The lowest BCUT2D eigenvalue weighted by Crippen LogP contribution is -2.26. The van der Waals surface area contributed by atoms with Crippen LogP contribution in [-0.4, -0.2) is 24.5 Å². The van der Waals surface area contributed by atoms with Crippen LogP contribution in [-0.2, 0) is 10.0 Å². The molecule has 0 aliphatic carbocycles. The Labute approximate surface area is 165 Å². The van der Waals surface area contributed by atoms with E-state index in [9.17, 15) is 13.2 Å². The van der Waals surface area contributed by atoms with Crippen LogP contribution in [0.5, 0.6) is 0 Å². The van der Waals surface area contributed by atoms with Crippen molar-refractivity contribution in [3.63, 3.8) is 0 Å². The van der Waals surface area contributed by atoms with Crippen LogP contribution in [0.1, 0.15) is 28.9 Å². The molecule has 1 unspecified atom stereocenters. The first-order chi connectivity index (χ1) is 12.9. The number of amides is 1. The number of anilines is 1. The molecule has 0 saturated heterocycles. The molecule has 3 rings (SSSR count). The van der Waals surface area contributed by atoms with Crippen molar-refractivity contribution in [2.45, 2.75) is 17.3 Å². The van der Waals surface area contributed by atoms with E-state index in [4.69, 9.17) is 11.6 Å². The Bertz CT molecular complexity index is 1050. The number of sulfonamides is 1. The van der Waals surface area contributed by atoms with Crippen molar-refractivity contribution in [1.29, 1.82) is 0 Å². The Balaban J connectivity index is 1.73. The van der Waals surface area contributed by atoms with E-state index < -0.39 is 22.0 Å². The Morgan fingerprint density at radius 2 is 1.74 bits per heavy atom. The van der Waals surface area contributed by atoms with Gasteiger partial charge in [-0.2, -0.15) is 0 Å². The zero-order chi connectivity index (χ0) is 19.4. The highest BCUT2D eigenvalue weighted by Gasteiger charge is 2.24. The number of aromatic nitrogens is 2. The van der Waals surface area contributed by atoms with Crippen LogP contribution in [0, 0.1) is 0 Å². The smallest absolute Gasteiger partial charge is 0.270 e.